The summed E-state index contributed by atoms with van der Waals surface area (Å²) in [7, 11) is -0.424. The SMILES string of the molecule is CC1C=CC([SiH](C)C)C(C)C1. The Labute approximate surface area is 72.3 Å². The molecule has 11 heavy (non-hydrogen) atoms. The molecule has 64 valence electrons. The maximum atomic E-state index is 2.48. The molecule has 0 spiro atoms. The lowest BCUT2D eigenvalue weighted by Gasteiger charge is -2.29. The molecule has 1 aliphatic carbocycles. The van der Waals surface area contributed by atoms with Crippen LogP contribution in [0.15, 0.2) is 12.2 Å². The largest absolute Gasteiger partial charge is 0.0879 e. The highest BCUT2D eigenvalue weighted by molar-refractivity contribution is 6.58. The fraction of sp³-hybridized carbons (Fsp3) is 0.800. The van der Waals surface area contributed by atoms with Crippen molar-refractivity contribution in [2.24, 2.45) is 11.8 Å². The second-order valence-electron chi connectivity index (χ2n) is 4.40. The highest BCUT2D eigenvalue weighted by Gasteiger charge is 2.23. The summed E-state index contributed by atoms with van der Waals surface area (Å²) in [5, 5.41) is 0. The van der Waals surface area contributed by atoms with Gasteiger partial charge in [0, 0.05) is 8.80 Å². The van der Waals surface area contributed by atoms with Crippen LogP contribution in [-0.2, 0) is 0 Å². The second-order valence-corrected chi connectivity index (χ2v) is 7.65. The molecule has 0 heterocycles. The first-order chi connectivity index (χ1) is 5.11. The van der Waals surface area contributed by atoms with Gasteiger partial charge in [-0.2, -0.15) is 0 Å². The van der Waals surface area contributed by atoms with E-state index in [0.717, 1.165) is 17.4 Å². The van der Waals surface area contributed by atoms with E-state index in [1.807, 2.05) is 0 Å². The quantitative estimate of drug-likeness (QED) is 0.417. The normalized spacial score (nSPS) is 38.1. The van der Waals surface area contributed by atoms with Crippen LogP contribution in [-0.4, -0.2) is 8.80 Å². The zero-order valence-electron chi connectivity index (χ0n) is 8.17. The van der Waals surface area contributed by atoms with Gasteiger partial charge in [0.2, 0.25) is 0 Å². The van der Waals surface area contributed by atoms with Crippen LogP contribution in [0.3, 0.4) is 0 Å². The first kappa shape index (κ1) is 9.05. The van der Waals surface area contributed by atoms with Crippen LogP contribution >= 0.6 is 0 Å². The fourth-order valence-corrected chi connectivity index (χ4v) is 4.25. The standard InChI is InChI=1S/C10H20Si/c1-8-5-6-10(11(3)4)9(2)7-8/h5-6,8-11H,7H2,1-4H3. The van der Waals surface area contributed by atoms with Gasteiger partial charge in [0.1, 0.15) is 0 Å². The molecule has 0 radical (unpaired) electrons. The van der Waals surface area contributed by atoms with Gasteiger partial charge < -0.3 is 0 Å². The third-order valence-electron chi connectivity index (χ3n) is 2.83. The molecule has 0 N–H and O–H groups in total. The third kappa shape index (κ3) is 2.19. The minimum Gasteiger partial charge on any atom is -0.0879 e. The van der Waals surface area contributed by atoms with Gasteiger partial charge in [0.25, 0.3) is 0 Å². The van der Waals surface area contributed by atoms with Gasteiger partial charge in [-0.1, -0.05) is 39.1 Å². The maximum absolute atomic E-state index is 2.48. The van der Waals surface area contributed by atoms with E-state index in [-0.39, 0.29) is 0 Å². The molecule has 0 aromatic carbocycles. The Morgan fingerprint density at radius 2 is 1.82 bits per heavy atom. The van der Waals surface area contributed by atoms with Gasteiger partial charge in [-0.15, -0.1) is 0 Å². The lowest BCUT2D eigenvalue weighted by molar-refractivity contribution is 0.445. The Morgan fingerprint density at radius 1 is 1.18 bits per heavy atom. The van der Waals surface area contributed by atoms with Crippen molar-refractivity contribution in [1.82, 2.24) is 0 Å². The molecule has 1 rings (SSSR count). The van der Waals surface area contributed by atoms with Crippen LogP contribution in [0.25, 0.3) is 0 Å². The molecule has 0 fully saturated rings. The molecule has 1 aliphatic rings. The lowest BCUT2D eigenvalue weighted by Crippen LogP contribution is -2.22. The topological polar surface area (TPSA) is 0 Å². The van der Waals surface area contributed by atoms with Crippen LogP contribution in [0, 0.1) is 11.8 Å². The Balaban J connectivity index is 2.61. The zero-order valence-corrected chi connectivity index (χ0v) is 9.33. The minimum atomic E-state index is -0.424. The molecule has 0 aliphatic heterocycles. The second kappa shape index (κ2) is 3.57. The minimum absolute atomic E-state index is 0.424. The van der Waals surface area contributed by atoms with E-state index >= 15 is 0 Å². The summed E-state index contributed by atoms with van der Waals surface area (Å²) in [6.07, 6.45) is 6.31. The van der Waals surface area contributed by atoms with Crippen molar-refractivity contribution in [3.8, 4) is 0 Å². The summed E-state index contributed by atoms with van der Waals surface area (Å²) in [6, 6.07) is 0. The lowest BCUT2D eigenvalue weighted by atomic mass is 9.89. The summed E-state index contributed by atoms with van der Waals surface area (Å²) in [5.41, 5.74) is 0.964. The van der Waals surface area contributed by atoms with E-state index in [1.165, 1.54) is 6.42 Å². The Kier molecular flexibility index (Phi) is 2.94. The Morgan fingerprint density at radius 3 is 2.27 bits per heavy atom. The predicted octanol–water partition coefficient (Wildman–Crippen LogP) is 3.08. The summed E-state index contributed by atoms with van der Waals surface area (Å²) in [5.74, 6) is 1.77. The average Bonchev–Trinajstić information content (AvgIpc) is 1.85. The molecular formula is C10H20Si. The number of rotatable bonds is 1. The van der Waals surface area contributed by atoms with Crippen molar-refractivity contribution < 1.29 is 0 Å². The number of hydrogen-bond donors (Lipinski definition) is 0. The van der Waals surface area contributed by atoms with Gasteiger partial charge in [-0.05, 0) is 23.8 Å². The summed E-state index contributed by atoms with van der Waals surface area (Å²) >= 11 is 0. The van der Waals surface area contributed by atoms with Crippen molar-refractivity contribution in [3.05, 3.63) is 12.2 Å². The highest BCUT2D eigenvalue weighted by atomic mass is 28.3. The van der Waals surface area contributed by atoms with E-state index < -0.39 is 8.80 Å². The summed E-state index contributed by atoms with van der Waals surface area (Å²) < 4.78 is 0. The number of hydrogen-bond acceptors (Lipinski definition) is 0. The fourth-order valence-electron chi connectivity index (χ4n) is 2.21. The molecule has 1 heteroatoms. The van der Waals surface area contributed by atoms with E-state index in [4.69, 9.17) is 0 Å². The van der Waals surface area contributed by atoms with E-state index in [0.29, 0.717) is 0 Å². The third-order valence-corrected chi connectivity index (χ3v) is 5.25. The van der Waals surface area contributed by atoms with Crippen molar-refractivity contribution in [1.29, 1.82) is 0 Å². The van der Waals surface area contributed by atoms with Crippen molar-refractivity contribution >= 4 is 8.80 Å². The average molecular weight is 168 g/mol. The molecule has 0 nitrogen and oxygen atoms in total. The molecule has 0 amide bonds. The van der Waals surface area contributed by atoms with Gasteiger partial charge in [0.15, 0.2) is 0 Å². The van der Waals surface area contributed by atoms with Crippen molar-refractivity contribution in [2.75, 3.05) is 0 Å². The first-order valence-corrected chi connectivity index (χ1v) is 7.77. The van der Waals surface area contributed by atoms with Gasteiger partial charge in [-0.3, -0.25) is 0 Å². The van der Waals surface area contributed by atoms with Crippen LogP contribution in [0.2, 0.25) is 18.6 Å². The van der Waals surface area contributed by atoms with Gasteiger partial charge in [0.05, 0.1) is 0 Å². The van der Waals surface area contributed by atoms with Gasteiger partial charge in [-0.25, -0.2) is 0 Å². The number of allylic oxidation sites excluding steroid dienone is 2. The molecule has 0 bridgehead atoms. The summed E-state index contributed by atoms with van der Waals surface area (Å²) in [6.45, 7) is 9.66. The highest BCUT2D eigenvalue weighted by Crippen LogP contribution is 2.33. The monoisotopic (exact) mass is 168 g/mol. The molecule has 0 saturated carbocycles. The molecule has 0 aromatic heterocycles. The summed E-state index contributed by atoms with van der Waals surface area (Å²) in [4.78, 5) is 0. The molecule has 3 atom stereocenters. The molecule has 0 aromatic rings. The van der Waals surface area contributed by atoms with E-state index in [1.54, 1.807) is 0 Å². The van der Waals surface area contributed by atoms with E-state index in [9.17, 15) is 0 Å². The Hall–Kier alpha value is -0.0431. The molecule has 0 saturated heterocycles. The van der Waals surface area contributed by atoms with Crippen LogP contribution < -0.4 is 0 Å². The molecule has 3 unspecified atom stereocenters. The first-order valence-electron chi connectivity index (χ1n) is 4.79. The van der Waals surface area contributed by atoms with Crippen molar-refractivity contribution in [2.45, 2.75) is 38.9 Å². The van der Waals surface area contributed by atoms with Crippen molar-refractivity contribution in [3.63, 3.8) is 0 Å². The van der Waals surface area contributed by atoms with Crippen LogP contribution in [0.5, 0.6) is 0 Å². The van der Waals surface area contributed by atoms with Crippen LogP contribution in [0.1, 0.15) is 20.3 Å². The Bertz CT molecular complexity index is 149. The van der Waals surface area contributed by atoms with E-state index in [2.05, 4.69) is 39.1 Å². The zero-order chi connectivity index (χ0) is 8.43. The molecular weight excluding hydrogens is 148 g/mol. The predicted molar refractivity (Wildman–Crippen MR) is 54.7 cm³/mol. The smallest absolute Gasteiger partial charge is 0.0383 e. The van der Waals surface area contributed by atoms with Crippen LogP contribution in [0.4, 0.5) is 0 Å². The van der Waals surface area contributed by atoms with Gasteiger partial charge >= 0.3 is 0 Å². The maximum Gasteiger partial charge on any atom is 0.0383 e.